The molecule has 0 saturated carbocycles. The van der Waals surface area contributed by atoms with Crippen LogP contribution in [-0.2, 0) is 20.0 Å². The number of thioether (sulfide) groups is 1. The molecule has 0 aliphatic heterocycles. The molecular formula is C16H20N4S. The lowest BCUT2D eigenvalue weighted by Gasteiger charge is -2.08. The van der Waals surface area contributed by atoms with Gasteiger partial charge in [-0.3, -0.25) is 0 Å². The number of aryl methyl sites for hydroxylation is 3. The molecule has 3 aromatic rings. The third-order valence-electron chi connectivity index (χ3n) is 3.67. The molecule has 4 nitrogen and oxygen atoms in total. The molecule has 0 aliphatic rings. The maximum Gasteiger partial charge on any atom is 0.110 e. The number of nitrogen functional groups attached to an aromatic ring is 1. The van der Waals surface area contributed by atoms with Crippen LogP contribution in [0, 0.1) is 0 Å². The number of fused-ring (bicyclic) bond motifs is 1. The predicted molar refractivity (Wildman–Crippen MR) is 89.7 cm³/mol. The summed E-state index contributed by atoms with van der Waals surface area (Å²) in [4.78, 5) is 5.65. The normalized spacial score (nSPS) is 11.3. The molecular weight excluding hydrogens is 280 g/mol. The highest BCUT2D eigenvalue weighted by atomic mass is 32.2. The lowest BCUT2D eigenvalue weighted by Crippen LogP contribution is -2.05. The Morgan fingerprint density at radius 3 is 2.86 bits per heavy atom. The van der Waals surface area contributed by atoms with Crippen LogP contribution >= 0.6 is 11.8 Å². The van der Waals surface area contributed by atoms with Crippen LogP contribution in [0.2, 0.25) is 0 Å². The Morgan fingerprint density at radius 2 is 2.14 bits per heavy atom. The molecule has 5 heteroatoms. The summed E-state index contributed by atoms with van der Waals surface area (Å²) in [5.74, 6) is 2.15. The number of nitrogens with two attached hydrogens (primary N) is 1. The fourth-order valence-electron chi connectivity index (χ4n) is 2.61. The van der Waals surface area contributed by atoms with E-state index < -0.39 is 0 Å². The van der Waals surface area contributed by atoms with E-state index in [1.54, 1.807) is 0 Å². The smallest absolute Gasteiger partial charge is 0.110 e. The van der Waals surface area contributed by atoms with Crippen LogP contribution in [0.3, 0.4) is 0 Å². The van der Waals surface area contributed by atoms with Crippen LogP contribution in [0.1, 0.15) is 12.7 Å². The first-order chi connectivity index (χ1) is 10.2. The van der Waals surface area contributed by atoms with Crippen molar-refractivity contribution < 1.29 is 0 Å². The molecule has 0 atom stereocenters. The fraction of sp³-hybridized carbons (Fsp3) is 0.312. The van der Waals surface area contributed by atoms with Crippen molar-refractivity contribution in [2.75, 3.05) is 11.5 Å². The lowest BCUT2D eigenvalue weighted by atomic mass is 10.2. The van der Waals surface area contributed by atoms with Crippen LogP contribution in [0.5, 0.6) is 0 Å². The maximum atomic E-state index is 6.05. The SMILES string of the molecule is CCSc1cc(N)cc2c1ccn2CCc1nccn1C. The van der Waals surface area contributed by atoms with Crippen molar-refractivity contribution in [2.24, 2.45) is 7.05 Å². The molecule has 2 aromatic heterocycles. The summed E-state index contributed by atoms with van der Waals surface area (Å²) in [6.07, 6.45) is 6.89. The van der Waals surface area contributed by atoms with Gasteiger partial charge in [-0.25, -0.2) is 4.98 Å². The second-order valence-corrected chi connectivity index (χ2v) is 6.40. The van der Waals surface area contributed by atoms with Gasteiger partial charge in [0.05, 0.1) is 5.52 Å². The summed E-state index contributed by atoms with van der Waals surface area (Å²) >= 11 is 1.84. The molecule has 3 rings (SSSR count). The molecule has 110 valence electrons. The summed E-state index contributed by atoms with van der Waals surface area (Å²) < 4.78 is 4.33. The molecule has 0 spiro atoms. The molecule has 0 aliphatic carbocycles. The first-order valence-electron chi connectivity index (χ1n) is 7.16. The van der Waals surface area contributed by atoms with E-state index in [9.17, 15) is 0 Å². The summed E-state index contributed by atoms with van der Waals surface area (Å²) in [6, 6.07) is 6.32. The predicted octanol–water partition coefficient (Wildman–Crippen LogP) is 3.31. The molecule has 0 fully saturated rings. The van der Waals surface area contributed by atoms with Gasteiger partial charge in [-0.15, -0.1) is 11.8 Å². The zero-order chi connectivity index (χ0) is 14.8. The maximum absolute atomic E-state index is 6.05. The van der Waals surface area contributed by atoms with E-state index in [4.69, 9.17) is 5.73 Å². The highest BCUT2D eigenvalue weighted by molar-refractivity contribution is 7.99. The van der Waals surface area contributed by atoms with E-state index >= 15 is 0 Å². The van der Waals surface area contributed by atoms with E-state index in [1.807, 2.05) is 31.2 Å². The number of imidazole rings is 1. The van der Waals surface area contributed by atoms with Crippen molar-refractivity contribution in [1.82, 2.24) is 14.1 Å². The molecule has 0 unspecified atom stereocenters. The van der Waals surface area contributed by atoms with Crippen LogP contribution in [0.4, 0.5) is 5.69 Å². The third kappa shape index (κ3) is 2.78. The van der Waals surface area contributed by atoms with Crippen molar-refractivity contribution >= 4 is 28.4 Å². The molecule has 21 heavy (non-hydrogen) atoms. The van der Waals surface area contributed by atoms with Gasteiger partial charge in [0.15, 0.2) is 0 Å². The van der Waals surface area contributed by atoms with Crippen LogP contribution in [0.15, 0.2) is 41.7 Å². The first kappa shape index (κ1) is 14.1. The van der Waals surface area contributed by atoms with Gasteiger partial charge in [0.2, 0.25) is 0 Å². The van der Waals surface area contributed by atoms with E-state index in [-0.39, 0.29) is 0 Å². The zero-order valence-corrected chi connectivity index (χ0v) is 13.2. The van der Waals surface area contributed by atoms with Gasteiger partial charge in [0.25, 0.3) is 0 Å². The van der Waals surface area contributed by atoms with Gasteiger partial charge in [0, 0.05) is 54.6 Å². The van der Waals surface area contributed by atoms with Crippen LogP contribution in [0.25, 0.3) is 10.9 Å². The van der Waals surface area contributed by atoms with Crippen LogP contribution in [-0.4, -0.2) is 19.9 Å². The monoisotopic (exact) mass is 300 g/mol. The summed E-state index contributed by atoms with van der Waals surface area (Å²) in [6.45, 7) is 3.08. The number of anilines is 1. The zero-order valence-electron chi connectivity index (χ0n) is 12.4. The molecule has 0 bridgehead atoms. The van der Waals surface area contributed by atoms with Crippen molar-refractivity contribution in [3.63, 3.8) is 0 Å². The Hall–Kier alpha value is -1.88. The van der Waals surface area contributed by atoms with Crippen LogP contribution < -0.4 is 5.73 Å². The molecule has 0 saturated heterocycles. The van der Waals surface area contributed by atoms with Gasteiger partial charge >= 0.3 is 0 Å². The standard InChI is InChI=1S/C16H20N4S/c1-3-21-15-11-12(17)10-14-13(15)4-7-20(14)8-5-16-18-6-9-19(16)2/h4,6-7,9-11H,3,5,8,17H2,1-2H3. The number of benzene rings is 1. The van der Waals surface area contributed by atoms with Crippen molar-refractivity contribution in [2.45, 2.75) is 24.8 Å². The van der Waals surface area contributed by atoms with E-state index in [0.717, 1.165) is 30.2 Å². The summed E-state index contributed by atoms with van der Waals surface area (Å²) in [5.41, 5.74) is 8.09. The fourth-order valence-corrected chi connectivity index (χ4v) is 3.47. The molecule has 2 heterocycles. The van der Waals surface area contributed by atoms with Gasteiger partial charge in [-0.1, -0.05) is 6.92 Å². The summed E-state index contributed by atoms with van der Waals surface area (Å²) in [7, 11) is 2.03. The van der Waals surface area contributed by atoms with Crippen molar-refractivity contribution in [3.05, 3.63) is 42.6 Å². The Labute approximate surface area is 129 Å². The van der Waals surface area contributed by atoms with Crippen molar-refractivity contribution in [3.8, 4) is 0 Å². The highest BCUT2D eigenvalue weighted by Gasteiger charge is 2.08. The number of aromatic nitrogens is 3. The number of hydrogen-bond donors (Lipinski definition) is 1. The minimum absolute atomic E-state index is 0.829. The second-order valence-electron chi connectivity index (χ2n) is 5.10. The Balaban J connectivity index is 1.91. The van der Waals surface area contributed by atoms with E-state index in [1.165, 1.54) is 15.8 Å². The van der Waals surface area contributed by atoms with Gasteiger partial charge in [-0.05, 0) is 24.0 Å². The topological polar surface area (TPSA) is 48.8 Å². The molecule has 1 aromatic carbocycles. The second kappa shape index (κ2) is 5.85. The molecule has 0 amide bonds. The average Bonchev–Trinajstić information content (AvgIpc) is 3.03. The highest BCUT2D eigenvalue weighted by Crippen LogP contribution is 2.31. The van der Waals surface area contributed by atoms with Gasteiger partial charge in [0.1, 0.15) is 5.82 Å². The number of hydrogen-bond acceptors (Lipinski definition) is 3. The van der Waals surface area contributed by atoms with E-state index in [0.29, 0.717) is 0 Å². The quantitative estimate of drug-likeness (QED) is 0.581. The van der Waals surface area contributed by atoms with E-state index in [2.05, 4.69) is 45.4 Å². The lowest BCUT2D eigenvalue weighted by molar-refractivity contribution is 0.668. The Bertz CT molecular complexity index is 757. The number of rotatable bonds is 5. The number of nitrogens with zero attached hydrogens (tertiary/aromatic N) is 3. The van der Waals surface area contributed by atoms with Gasteiger partial charge < -0.3 is 14.9 Å². The Morgan fingerprint density at radius 1 is 1.29 bits per heavy atom. The first-order valence-corrected chi connectivity index (χ1v) is 8.15. The largest absolute Gasteiger partial charge is 0.399 e. The minimum atomic E-state index is 0.829. The third-order valence-corrected chi connectivity index (χ3v) is 4.61. The Kier molecular flexibility index (Phi) is 3.92. The van der Waals surface area contributed by atoms with Gasteiger partial charge in [-0.2, -0.15) is 0 Å². The molecule has 0 radical (unpaired) electrons. The summed E-state index contributed by atoms with van der Waals surface area (Å²) in [5, 5.41) is 1.29. The minimum Gasteiger partial charge on any atom is -0.399 e. The molecule has 2 N–H and O–H groups in total. The van der Waals surface area contributed by atoms with Crippen molar-refractivity contribution in [1.29, 1.82) is 0 Å². The average molecular weight is 300 g/mol.